The fourth-order valence-corrected chi connectivity index (χ4v) is 2.08. The normalized spacial score (nSPS) is 12.3. The number of ether oxygens (including phenoxy) is 1. The molecular formula is C13H16O5S. The second-order valence-electron chi connectivity index (χ2n) is 3.99. The third-order valence-corrected chi connectivity index (χ3v) is 3.57. The van der Waals surface area contributed by atoms with Crippen LogP contribution in [-0.2, 0) is 19.4 Å². The molecule has 0 heterocycles. The van der Waals surface area contributed by atoms with Gasteiger partial charge in [-0.1, -0.05) is 12.1 Å². The molecule has 0 spiro atoms. The Hall–Kier alpha value is -1.66. The van der Waals surface area contributed by atoms with Crippen LogP contribution in [0.5, 0.6) is 0 Å². The van der Waals surface area contributed by atoms with Crippen LogP contribution in [0, 0.1) is 0 Å². The molecule has 0 atom stereocenters. The van der Waals surface area contributed by atoms with Crippen LogP contribution in [0.2, 0.25) is 0 Å². The Morgan fingerprint density at radius 3 is 2.32 bits per heavy atom. The van der Waals surface area contributed by atoms with Crippen LogP contribution in [0.4, 0.5) is 0 Å². The molecule has 104 valence electrons. The van der Waals surface area contributed by atoms with Gasteiger partial charge < -0.3 is 9.84 Å². The first kappa shape index (κ1) is 15.4. The lowest BCUT2D eigenvalue weighted by molar-refractivity contribution is -0.139. The zero-order valence-corrected chi connectivity index (χ0v) is 11.6. The van der Waals surface area contributed by atoms with Gasteiger partial charge in [-0.2, -0.15) is 0 Å². The molecule has 1 N–H and O–H groups in total. The highest BCUT2D eigenvalue weighted by Crippen LogP contribution is 2.17. The largest absolute Gasteiger partial charge is 0.462 e. The summed E-state index contributed by atoms with van der Waals surface area (Å²) in [4.78, 5) is 10.8. The van der Waals surface area contributed by atoms with E-state index in [1.54, 1.807) is 18.2 Å². The minimum atomic E-state index is -3.23. The molecule has 0 amide bonds. The molecule has 0 fully saturated rings. The van der Waals surface area contributed by atoms with Crippen molar-refractivity contribution in [1.29, 1.82) is 0 Å². The summed E-state index contributed by atoms with van der Waals surface area (Å²) >= 11 is 0. The number of hydrogen-bond donors (Lipinski definition) is 1. The van der Waals surface area contributed by atoms with Gasteiger partial charge in [0.15, 0.2) is 9.84 Å². The second kappa shape index (κ2) is 6.49. The summed E-state index contributed by atoms with van der Waals surface area (Å²) in [5.74, 6) is -0.402. The second-order valence-corrected chi connectivity index (χ2v) is 6.00. The van der Waals surface area contributed by atoms with Gasteiger partial charge in [-0.05, 0) is 29.3 Å². The van der Waals surface area contributed by atoms with Crippen molar-refractivity contribution in [1.82, 2.24) is 0 Å². The third-order valence-electron chi connectivity index (χ3n) is 2.44. The number of aliphatic hydroxyl groups is 1. The quantitative estimate of drug-likeness (QED) is 0.817. The van der Waals surface area contributed by atoms with E-state index in [1.807, 2.05) is 0 Å². The van der Waals surface area contributed by atoms with Crippen LogP contribution in [0.25, 0.3) is 5.57 Å². The molecule has 0 radical (unpaired) electrons. The molecule has 0 aliphatic heterocycles. The van der Waals surface area contributed by atoms with Gasteiger partial charge in [0.05, 0.1) is 11.5 Å². The minimum Gasteiger partial charge on any atom is -0.462 e. The molecule has 1 aromatic carbocycles. The maximum absolute atomic E-state index is 11.3. The molecule has 0 unspecified atom stereocenters. The molecule has 6 heteroatoms. The van der Waals surface area contributed by atoms with Crippen molar-refractivity contribution in [3.05, 3.63) is 35.9 Å². The lowest BCUT2D eigenvalue weighted by Crippen LogP contribution is -2.01. The number of benzene rings is 1. The summed E-state index contributed by atoms with van der Waals surface area (Å²) in [7, 11) is -3.23. The summed E-state index contributed by atoms with van der Waals surface area (Å²) in [5, 5.41) is 9.25. The maximum Gasteiger partial charge on any atom is 0.302 e. The van der Waals surface area contributed by atoms with Crippen molar-refractivity contribution < 1.29 is 23.1 Å². The zero-order chi connectivity index (χ0) is 14.5. The Morgan fingerprint density at radius 1 is 1.32 bits per heavy atom. The van der Waals surface area contributed by atoms with Crippen LogP contribution < -0.4 is 0 Å². The van der Waals surface area contributed by atoms with E-state index in [1.165, 1.54) is 19.1 Å². The molecule has 19 heavy (non-hydrogen) atoms. The van der Waals surface area contributed by atoms with Crippen LogP contribution in [0.1, 0.15) is 12.5 Å². The molecule has 1 rings (SSSR count). The van der Waals surface area contributed by atoms with Gasteiger partial charge in [0.1, 0.15) is 6.61 Å². The van der Waals surface area contributed by atoms with Gasteiger partial charge in [-0.15, -0.1) is 0 Å². The van der Waals surface area contributed by atoms with Crippen molar-refractivity contribution in [3.63, 3.8) is 0 Å². The van der Waals surface area contributed by atoms with Gasteiger partial charge in [-0.25, -0.2) is 8.42 Å². The lowest BCUT2D eigenvalue weighted by Gasteiger charge is -2.06. The van der Waals surface area contributed by atoms with E-state index in [0.29, 0.717) is 11.1 Å². The summed E-state index contributed by atoms with van der Waals surface area (Å²) < 4.78 is 27.4. The monoisotopic (exact) mass is 284 g/mol. The van der Waals surface area contributed by atoms with Crippen LogP contribution in [0.15, 0.2) is 35.2 Å². The third kappa shape index (κ3) is 4.84. The Labute approximate surface area is 112 Å². The summed E-state index contributed by atoms with van der Waals surface area (Å²) in [6.07, 6.45) is 2.71. The molecule has 0 saturated heterocycles. The van der Waals surface area contributed by atoms with Gasteiger partial charge in [0.2, 0.25) is 0 Å². The fourth-order valence-electron chi connectivity index (χ4n) is 1.45. The minimum absolute atomic E-state index is 0.0685. The van der Waals surface area contributed by atoms with Gasteiger partial charge in [-0.3, -0.25) is 4.79 Å². The molecular weight excluding hydrogens is 268 g/mol. The van der Waals surface area contributed by atoms with Crippen LogP contribution >= 0.6 is 0 Å². The molecule has 5 nitrogen and oxygen atoms in total. The van der Waals surface area contributed by atoms with E-state index in [2.05, 4.69) is 0 Å². The number of hydrogen-bond acceptors (Lipinski definition) is 5. The van der Waals surface area contributed by atoms with E-state index in [4.69, 9.17) is 4.74 Å². The molecule has 0 bridgehead atoms. The van der Waals surface area contributed by atoms with Crippen molar-refractivity contribution >= 4 is 21.4 Å². The maximum atomic E-state index is 11.3. The highest BCUT2D eigenvalue weighted by atomic mass is 32.2. The predicted molar refractivity (Wildman–Crippen MR) is 71.2 cm³/mol. The Kier molecular flexibility index (Phi) is 5.26. The summed E-state index contributed by atoms with van der Waals surface area (Å²) in [6, 6.07) is 6.15. The summed E-state index contributed by atoms with van der Waals surface area (Å²) in [5.41, 5.74) is 1.25. The van der Waals surface area contributed by atoms with Gasteiger partial charge in [0, 0.05) is 13.2 Å². The molecule has 0 saturated carbocycles. The molecule has 0 aromatic heterocycles. The van der Waals surface area contributed by atoms with E-state index in [9.17, 15) is 18.3 Å². The highest BCUT2D eigenvalue weighted by molar-refractivity contribution is 7.90. The first-order chi connectivity index (χ1) is 8.84. The highest BCUT2D eigenvalue weighted by Gasteiger charge is 2.07. The number of carbonyl (C=O) groups is 1. The van der Waals surface area contributed by atoms with Crippen LogP contribution in [-0.4, -0.2) is 39.0 Å². The van der Waals surface area contributed by atoms with E-state index < -0.39 is 15.8 Å². The Bertz CT molecular complexity index is 570. The van der Waals surface area contributed by atoms with Crippen LogP contribution in [0.3, 0.4) is 0 Å². The average molecular weight is 284 g/mol. The van der Waals surface area contributed by atoms with Crippen molar-refractivity contribution in [2.45, 2.75) is 11.8 Å². The number of aliphatic hydroxyl groups excluding tert-OH is 1. The van der Waals surface area contributed by atoms with Crippen molar-refractivity contribution in [2.24, 2.45) is 0 Å². The Balaban J connectivity index is 2.91. The van der Waals surface area contributed by atoms with Gasteiger partial charge >= 0.3 is 5.97 Å². The van der Waals surface area contributed by atoms with E-state index in [0.717, 1.165) is 6.26 Å². The van der Waals surface area contributed by atoms with E-state index in [-0.39, 0.29) is 18.1 Å². The molecule has 0 aliphatic rings. The first-order valence-electron chi connectivity index (χ1n) is 5.58. The standard InChI is InChI=1S/C13H16O5S/c1-10(15)18-8-7-12(9-14)11-3-5-13(6-4-11)19(2,16)17/h3-7,14H,8-9H2,1-2H3. The van der Waals surface area contributed by atoms with Crippen molar-refractivity contribution in [2.75, 3.05) is 19.5 Å². The van der Waals surface area contributed by atoms with E-state index >= 15 is 0 Å². The van der Waals surface area contributed by atoms with Gasteiger partial charge in [0.25, 0.3) is 0 Å². The number of sulfone groups is 1. The average Bonchev–Trinajstić information content (AvgIpc) is 2.33. The summed E-state index contributed by atoms with van der Waals surface area (Å²) in [6.45, 7) is 1.14. The number of esters is 1. The van der Waals surface area contributed by atoms with Crippen molar-refractivity contribution in [3.8, 4) is 0 Å². The first-order valence-corrected chi connectivity index (χ1v) is 7.47. The molecule has 1 aromatic rings. The zero-order valence-electron chi connectivity index (χ0n) is 10.8. The SMILES string of the molecule is CC(=O)OCC=C(CO)c1ccc(S(C)(=O)=O)cc1. The smallest absolute Gasteiger partial charge is 0.302 e. The number of rotatable bonds is 5. The topological polar surface area (TPSA) is 80.7 Å². The predicted octanol–water partition coefficient (Wildman–Crippen LogP) is 1.03. The fraction of sp³-hybridized carbons (Fsp3) is 0.308. The Morgan fingerprint density at radius 2 is 1.89 bits per heavy atom. The lowest BCUT2D eigenvalue weighted by atomic mass is 10.1. The molecule has 0 aliphatic carbocycles. The number of carbonyl (C=O) groups excluding carboxylic acids is 1.